The average molecular weight is 304 g/mol. The molecule has 3 heteroatoms. The fourth-order valence-corrected chi connectivity index (χ4v) is 2.82. The molecule has 0 bridgehead atoms. The number of benzene rings is 2. The summed E-state index contributed by atoms with van der Waals surface area (Å²) in [4.78, 5) is 8.93. The van der Waals surface area contributed by atoms with Crippen molar-refractivity contribution in [3.8, 4) is 17.1 Å². The highest BCUT2D eigenvalue weighted by Crippen LogP contribution is 2.30. The van der Waals surface area contributed by atoms with Gasteiger partial charge in [-0.25, -0.2) is 9.97 Å². The molecular formula is C20H20N2O. The molecule has 0 saturated heterocycles. The Kier molecular flexibility index (Phi) is 4.67. The van der Waals surface area contributed by atoms with Gasteiger partial charge in [0.25, 0.3) is 0 Å². The zero-order valence-corrected chi connectivity index (χ0v) is 13.2. The molecule has 1 N–H and O–H groups in total. The van der Waals surface area contributed by atoms with Gasteiger partial charge in [-0.1, -0.05) is 55.8 Å². The van der Waals surface area contributed by atoms with Gasteiger partial charge in [-0.3, -0.25) is 0 Å². The first kappa shape index (κ1) is 15.2. The lowest BCUT2D eigenvalue weighted by molar-refractivity contribution is 0.477. The monoisotopic (exact) mass is 304 g/mol. The lowest BCUT2D eigenvalue weighted by Crippen LogP contribution is -2.03. The van der Waals surface area contributed by atoms with Crippen molar-refractivity contribution in [1.82, 2.24) is 9.97 Å². The van der Waals surface area contributed by atoms with Crippen molar-refractivity contribution in [3.05, 3.63) is 78.1 Å². The zero-order chi connectivity index (χ0) is 16.1. The Morgan fingerprint density at radius 2 is 1.52 bits per heavy atom. The van der Waals surface area contributed by atoms with Crippen LogP contribution in [0, 0.1) is 0 Å². The van der Waals surface area contributed by atoms with Gasteiger partial charge >= 0.3 is 0 Å². The predicted molar refractivity (Wildman–Crippen MR) is 92.3 cm³/mol. The molecule has 1 atom stereocenters. The largest absolute Gasteiger partial charge is 0.507 e. The highest BCUT2D eigenvalue weighted by atomic mass is 16.3. The van der Waals surface area contributed by atoms with Gasteiger partial charge in [0.1, 0.15) is 5.75 Å². The van der Waals surface area contributed by atoms with Crippen LogP contribution in [0.2, 0.25) is 0 Å². The molecule has 0 aliphatic rings. The van der Waals surface area contributed by atoms with E-state index in [0.717, 1.165) is 18.4 Å². The summed E-state index contributed by atoms with van der Waals surface area (Å²) in [5.74, 6) is 1.06. The molecule has 0 radical (unpaired) electrons. The summed E-state index contributed by atoms with van der Waals surface area (Å²) in [5.41, 5.74) is 3.05. The lowest BCUT2D eigenvalue weighted by atomic mass is 9.89. The second-order valence-electron chi connectivity index (χ2n) is 5.61. The lowest BCUT2D eigenvalue weighted by Gasteiger charge is -2.16. The van der Waals surface area contributed by atoms with Gasteiger partial charge in [0, 0.05) is 18.3 Å². The van der Waals surface area contributed by atoms with Crippen LogP contribution in [0.25, 0.3) is 11.4 Å². The molecule has 0 aliphatic heterocycles. The molecule has 1 unspecified atom stereocenters. The van der Waals surface area contributed by atoms with Crippen LogP contribution in [0.5, 0.6) is 5.75 Å². The summed E-state index contributed by atoms with van der Waals surface area (Å²) in [6.07, 6.45) is 5.91. The summed E-state index contributed by atoms with van der Waals surface area (Å²) in [6, 6.07) is 17.6. The molecule has 3 rings (SSSR count). The molecule has 1 heterocycles. The molecule has 116 valence electrons. The van der Waals surface area contributed by atoms with E-state index < -0.39 is 0 Å². The van der Waals surface area contributed by atoms with E-state index in [-0.39, 0.29) is 5.75 Å². The van der Waals surface area contributed by atoms with Crippen molar-refractivity contribution in [1.29, 1.82) is 0 Å². The quantitative estimate of drug-likeness (QED) is 0.737. The van der Waals surface area contributed by atoms with E-state index >= 15 is 0 Å². The molecule has 0 spiro atoms. The maximum atomic E-state index is 9.92. The molecule has 0 saturated carbocycles. The number of hydrogen-bond acceptors (Lipinski definition) is 3. The molecular weight excluding hydrogens is 284 g/mol. The highest BCUT2D eigenvalue weighted by molar-refractivity contribution is 5.63. The number of rotatable bonds is 5. The smallest absolute Gasteiger partial charge is 0.162 e. The third kappa shape index (κ3) is 3.39. The number of aromatic nitrogens is 2. The van der Waals surface area contributed by atoms with Crippen LogP contribution in [0.15, 0.2) is 67.0 Å². The maximum absolute atomic E-state index is 9.92. The van der Waals surface area contributed by atoms with Crippen LogP contribution >= 0.6 is 0 Å². The molecule has 2 aromatic carbocycles. The molecule has 23 heavy (non-hydrogen) atoms. The van der Waals surface area contributed by atoms with Crippen molar-refractivity contribution >= 4 is 0 Å². The van der Waals surface area contributed by atoms with E-state index in [1.165, 1.54) is 5.56 Å². The number of para-hydroxylation sites is 1. The van der Waals surface area contributed by atoms with Crippen molar-refractivity contribution in [2.45, 2.75) is 25.7 Å². The normalized spacial score (nSPS) is 12.0. The Hall–Kier alpha value is -2.68. The SMILES string of the molecule is CCCC(c1ccccc1)c1cnc(-c2ccccc2O)nc1. The standard InChI is InChI=1S/C20H20N2O/c1-2-8-17(15-9-4-3-5-10-15)16-13-21-20(22-14-16)18-11-6-7-12-19(18)23/h3-7,9-14,17,23H,2,8H2,1H3. The molecule has 0 amide bonds. The summed E-state index contributed by atoms with van der Waals surface area (Å²) in [6.45, 7) is 2.19. The average Bonchev–Trinajstić information content (AvgIpc) is 2.61. The topological polar surface area (TPSA) is 46.0 Å². The molecule has 3 nitrogen and oxygen atoms in total. The van der Waals surface area contributed by atoms with E-state index in [0.29, 0.717) is 17.3 Å². The Balaban J connectivity index is 1.92. The van der Waals surface area contributed by atoms with Crippen molar-refractivity contribution in [2.75, 3.05) is 0 Å². The zero-order valence-electron chi connectivity index (χ0n) is 13.2. The van der Waals surface area contributed by atoms with Gasteiger partial charge in [-0.15, -0.1) is 0 Å². The van der Waals surface area contributed by atoms with Gasteiger partial charge < -0.3 is 5.11 Å². The second kappa shape index (κ2) is 7.05. The Labute approximate surface area is 136 Å². The van der Waals surface area contributed by atoms with Gasteiger partial charge in [-0.05, 0) is 29.7 Å². The Bertz CT molecular complexity index is 754. The van der Waals surface area contributed by atoms with Crippen molar-refractivity contribution < 1.29 is 5.11 Å². The minimum Gasteiger partial charge on any atom is -0.507 e. The predicted octanol–water partition coefficient (Wildman–Crippen LogP) is 4.78. The summed E-state index contributed by atoms with van der Waals surface area (Å²) in [5, 5.41) is 9.92. The van der Waals surface area contributed by atoms with Gasteiger partial charge in [-0.2, -0.15) is 0 Å². The van der Waals surface area contributed by atoms with Gasteiger partial charge in [0.2, 0.25) is 0 Å². The molecule has 0 aliphatic carbocycles. The third-order valence-corrected chi connectivity index (χ3v) is 4.00. The van der Waals surface area contributed by atoms with E-state index in [1.807, 2.05) is 30.6 Å². The number of phenolic OH excluding ortho intramolecular Hbond substituents is 1. The minimum atomic E-state index is 0.202. The fraction of sp³-hybridized carbons (Fsp3) is 0.200. The third-order valence-electron chi connectivity index (χ3n) is 4.00. The Morgan fingerprint density at radius 1 is 0.870 bits per heavy atom. The van der Waals surface area contributed by atoms with E-state index in [1.54, 1.807) is 12.1 Å². The highest BCUT2D eigenvalue weighted by Gasteiger charge is 2.15. The molecule has 3 aromatic rings. The van der Waals surface area contributed by atoms with Crippen molar-refractivity contribution in [3.63, 3.8) is 0 Å². The first-order valence-electron chi connectivity index (χ1n) is 7.95. The van der Waals surface area contributed by atoms with E-state index in [2.05, 4.69) is 41.2 Å². The van der Waals surface area contributed by atoms with Crippen molar-refractivity contribution in [2.24, 2.45) is 0 Å². The fourth-order valence-electron chi connectivity index (χ4n) is 2.82. The van der Waals surface area contributed by atoms with Crippen LogP contribution in [0.1, 0.15) is 36.8 Å². The molecule has 0 fully saturated rings. The van der Waals surface area contributed by atoms with Crippen LogP contribution in [-0.2, 0) is 0 Å². The molecule has 1 aromatic heterocycles. The number of nitrogens with zero attached hydrogens (tertiary/aromatic N) is 2. The summed E-state index contributed by atoms with van der Waals surface area (Å²) < 4.78 is 0. The van der Waals surface area contributed by atoms with Crippen LogP contribution in [-0.4, -0.2) is 15.1 Å². The van der Waals surface area contributed by atoms with E-state index in [9.17, 15) is 5.11 Å². The first-order chi connectivity index (χ1) is 11.3. The minimum absolute atomic E-state index is 0.202. The number of hydrogen-bond donors (Lipinski definition) is 1. The second-order valence-corrected chi connectivity index (χ2v) is 5.61. The van der Waals surface area contributed by atoms with Crippen LogP contribution < -0.4 is 0 Å². The number of aromatic hydroxyl groups is 1. The number of phenols is 1. The van der Waals surface area contributed by atoms with Crippen LogP contribution in [0.3, 0.4) is 0 Å². The van der Waals surface area contributed by atoms with E-state index in [4.69, 9.17) is 0 Å². The summed E-state index contributed by atoms with van der Waals surface area (Å²) >= 11 is 0. The van der Waals surface area contributed by atoms with Crippen LogP contribution in [0.4, 0.5) is 0 Å². The first-order valence-corrected chi connectivity index (χ1v) is 7.95. The van der Waals surface area contributed by atoms with Gasteiger partial charge in [0.15, 0.2) is 5.82 Å². The summed E-state index contributed by atoms with van der Waals surface area (Å²) in [7, 11) is 0. The maximum Gasteiger partial charge on any atom is 0.162 e. The van der Waals surface area contributed by atoms with Gasteiger partial charge in [0.05, 0.1) is 5.56 Å². The Morgan fingerprint density at radius 3 is 2.17 bits per heavy atom.